The molecule has 0 radical (unpaired) electrons. The molecule has 138 valence electrons. The summed E-state index contributed by atoms with van der Waals surface area (Å²) in [7, 11) is 1.61. The first-order valence-electron chi connectivity index (χ1n) is 9.02. The maximum absolute atomic E-state index is 12.6. The predicted octanol–water partition coefficient (Wildman–Crippen LogP) is 2.65. The highest BCUT2D eigenvalue weighted by atomic mass is 16.5. The molecular formula is C21H26N2O3. The number of amides is 1. The highest BCUT2D eigenvalue weighted by Gasteiger charge is 2.39. The highest BCUT2D eigenvalue weighted by molar-refractivity contribution is 5.85. The lowest BCUT2D eigenvalue weighted by Crippen LogP contribution is -2.53. The van der Waals surface area contributed by atoms with Gasteiger partial charge in [-0.25, -0.2) is 0 Å². The van der Waals surface area contributed by atoms with Gasteiger partial charge in [-0.05, 0) is 49.2 Å². The molecule has 2 N–H and O–H groups in total. The minimum Gasteiger partial charge on any atom is -0.489 e. The van der Waals surface area contributed by atoms with Crippen LogP contribution in [0.15, 0.2) is 54.6 Å². The fourth-order valence-corrected chi connectivity index (χ4v) is 3.14. The van der Waals surface area contributed by atoms with E-state index in [2.05, 4.69) is 10.6 Å². The third-order valence-electron chi connectivity index (χ3n) is 4.84. The Hall–Kier alpha value is -2.37. The summed E-state index contributed by atoms with van der Waals surface area (Å²) in [5.41, 5.74) is 1.46. The van der Waals surface area contributed by atoms with E-state index in [0.29, 0.717) is 26.0 Å². The number of carbonyl (C=O) groups is 1. The number of rotatable bonds is 7. The Balaban J connectivity index is 1.50. The van der Waals surface area contributed by atoms with Gasteiger partial charge in [0.15, 0.2) is 0 Å². The first-order valence-corrected chi connectivity index (χ1v) is 9.02. The van der Waals surface area contributed by atoms with Crippen molar-refractivity contribution in [1.29, 1.82) is 0 Å². The van der Waals surface area contributed by atoms with Crippen molar-refractivity contribution in [3.8, 4) is 5.75 Å². The van der Waals surface area contributed by atoms with Gasteiger partial charge in [0.1, 0.15) is 18.0 Å². The van der Waals surface area contributed by atoms with Gasteiger partial charge in [0.25, 0.3) is 5.91 Å². The SMILES string of the molecule is COC1(C(=O)NCc2ccc(OCc3ccccc3)cc2)CCNCC1. The molecule has 0 unspecified atom stereocenters. The minimum absolute atomic E-state index is 0.0362. The average molecular weight is 354 g/mol. The van der Waals surface area contributed by atoms with Gasteiger partial charge in [-0.1, -0.05) is 42.5 Å². The number of hydrogen-bond acceptors (Lipinski definition) is 4. The zero-order valence-electron chi connectivity index (χ0n) is 15.2. The molecule has 0 bridgehead atoms. The van der Waals surface area contributed by atoms with Gasteiger partial charge in [0.2, 0.25) is 0 Å². The highest BCUT2D eigenvalue weighted by Crippen LogP contribution is 2.23. The zero-order chi connectivity index (χ0) is 18.2. The fraction of sp³-hybridized carbons (Fsp3) is 0.381. The van der Waals surface area contributed by atoms with E-state index in [0.717, 1.165) is 30.0 Å². The number of benzene rings is 2. The smallest absolute Gasteiger partial charge is 0.252 e. The third-order valence-corrected chi connectivity index (χ3v) is 4.84. The summed E-state index contributed by atoms with van der Waals surface area (Å²) in [6.45, 7) is 2.63. The van der Waals surface area contributed by atoms with Crippen LogP contribution in [0.4, 0.5) is 0 Å². The average Bonchev–Trinajstić information content (AvgIpc) is 2.72. The van der Waals surface area contributed by atoms with Crippen molar-refractivity contribution in [1.82, 2.24) is 10.6 Å². The number of nitrogens with one attached hydrogen (secondary N) is 2. The number of methoxy groups -OCH3 is 1. The van der Waals surface area contributed by atoms with Crippen LogP contribution in [-0.4, -0.2) is 31.7 Å². The van der Waals surface area contributed by atoms with E-state index in [1.54, 1.807) is 7.11 Å². The summed E-state index contributed by atoms with van der Waals surface area (Å²) in [6.07, 6.45) is 1.39. The third kappa shape index (κ3) is 4.62. The van der Waals surface area contributed by atoms with Crippen LogP contribution in [0.2, 0.25) is 0 Å². The van der Waals surface area contributed by atoms with E-state index < -0.39 is 5.60 Å². The van der Waals surface area contributed by atoms with E-state index in [1.807, 2.05) is 54.6 Å². The molecule has 1 aliphatic heterocycles. The monoisotopic (exact) mass is 354 g/mol. The van der Waals surface area contributed by atoms with Crippen LogP contribution in [0.1, 0.15) is 24.0 Å². The van der Waals surface area contributed by atoms with Crippen molar-refractivity contribution in [2.75, 3.05) is 20.2 Å². The largest absolute Gasteiger partial charge is 0.489 e. The number of ether oxygens (including phenoxy) is 2. The molecule has 1 fully saturated rings. The molecule has 1 heterocycles. The molecule has 5 heteroatoms. The van der Waals surface area contributed by atoms with Crippen molar-refractivity contribution in [2.45, 2.75) is 31.6 Å². The second-order valence-corrected chi connectivity index (χ2v) is 6.55. The van der Waals surface area contributed by atoms with Gasteiger partial charge >= 0.3 is 0 Å². The predicted molar refractivity (Wildman–Crippen MR) is 101 cm³/mol. The summed E-state index contributed by atoms with van der Waals surface area (Å²) in [6, 6.07) is 17.9. The molecule has 2 aromatic carbocycles. The normalized spacial score (nSPS) is 16.0. The maximum Gasteiger partial charge on any atom is 0.252 e. The zero-order valence-corrected chi connectivity index (χ0v) is 15.2. The lowest BCUT2D eigenvalue weighted by atomic mass is 9.91. The van der Waals surface area contributed by atoms with Crippen LogP contribution in [-0.2, 0) is 22.7 Å². The Morgan fingerprint density at radius 3 is 2.38 bits per heavy atom. The summed E-state index contributed by atoms with van der Waals surface area (Å²) in [5.74, 6) is 0.779. The van der Waals surface area contributed by atoms with Crippen LogP contribution in [0.5, 0.6) is 5.75 Å². The van der Waals surface area contributed by atoms with E-state index in [9.17, 15) is 4.79 Å². The summed E-state index contributed by atoms with van der Waals surface area (Å²) in [4.78, 5) is 12.6. The summed E-state index contributed by atoms with van der Waals surface area (Å²) >= 11 is 0. The fourth-order valence-electron chi connectivity index (χ4n) is 3.14. The Labute approximate surface area is 154 Å². The first-order chi connectivity index (χ1) is 12.7. The van der Waals surface area contributed by atoms with Gasteiger partial charge in [-0.2, -0.15) is 0 Å². The van der Waals surface area contributed by atoms with Gasteiger partial charge in [0.05, 0.1) is 0 Å². The number of hydrogen-bond donors (Lipinski definition) is 2. The van der Waals surface area contributed by atoms with Crippen molar-refractivity contribution in [2.24, 2.45) is 0 Å². The lowest BCUT2D eigenvalue weighted by Gasteiger charge is -2.34. The molecule has 1 aliphatic rings. The molecule has 0 spiro atoms. The topological polar surface area (TPSA) is 59.6 Å². The van der Waals surface area contributed by atoms with E-state index in [4.69, 9.17) is 9.47 Å². The maximum atomic E-state index is 12.6. The van der Waals surface area contributed by atoms with Crippen LogP contribution in [0.3, 0.4) is 0 Å². The molecule has 1 saturated heterocycles. The van der Waals surface area contributed by atoms with Crippen molar-refractivity contribution in [3.63, 3.8) is 0 Å². The number of carbonyl (C=O) groups excluding carboxylic acids is 1. The molecule has 5 nitrogen and oxygen atoms in total. The van der Waals surface area contributed by atoms with Crippen LogP contribution < -0.4 is 15.4 Å². The molecule has 3 rings (SSSR count). The van der Waals surface area contributed by atoms with E-state index >= 15 is 0 Å². The van der Waals surface area contributed by atoms with Crippen LogP contribution in [0, 0.1) is 0 Å². The quantitative estimate of drug-likeness (QED) is 0.803. The van der Waals surface area contributed by atoms with Crippen LogP contribution in [0.25, 0.3) is 0 Å². The van der Waals surface area contributed by atoms with Crippen molar-refractivity contribution >= 4 is 5.91 Å². The summed E-state index contributed by atoms with van der Waals surface area (Å²) < 4.78 is 11.3. The first kappa shape index (κ1) is 18.4. The lowest BCUT2D eigenvalue weighted by molar-refractivity contribution is -0.146. The molecule has 0 saturated carbocycles. The van der Waals surface area contributed by atoms with Crippen LogP contribution >= 0.6 is 0 Å². The van der Waals surface area contributed by atoms with Gasteiger partial charge in [0, 0.05) is 13.7 Å². The second-order valence-electron chi connectivity index (χ2n) is 6.55. The molecule has 26 heavy (non-hydrogen) atoms. The molecule has 2 aromatic rings. The number of piperidine rings is 1. The van der Waals surface area contributed by atoms with E-state index in [-0.39, 0.29) is 5.91 Å². The Kier molecular flexibility index (Phi) is 6.26. The summed E-state index contributed by atoms with van der Waals surface area (Å²) in [5, 5.41) is 6.26. The molecule has 1 amide bonds. The van der Waals surface area contributed by atoms with E-state index in [1.165, 1.54) is 0 Å². The molecular weight excluding hydrogens is 328 g/mol. The Morgan fingerprint density at radius 2 is 1.73 bits per heavy atom. The minimum atomic E-state index is -0.704. The molecule has 0 atom stereocenters. The standard InChI is InChI=1S/C21H26N2O3/c1-25-21(11-13-22-14-12-21)20(24)23-15-17-7-9-19(10-8-17)26-16-18-5-3-2-4-6-18/h2-10,22H,11-16H2,1H3,(H,23,24). The van der Waals surface area contributed by atoms with Gasteiger partial charge in [-0.3, -0.25) is 4.79 Å². The van der Waals surface area contributed by atoms with Gasteiger partial charge in [-0.15, -0.1) is 0 Å². The molecule has 0 aromatic heterocycles. The Bertz CT molecular complexity index is 695. The second kappa shape index (κ2) is 8.83. The van der Waals surface area contributed by atoms with Crippen molar-refractivity contribution in [3.05, 3.63) is 65.7 Å². The van der Waals surface area contributed by atoms with Crippen molar-refractivity contribution < 1.29 is 14.3 Å². The van der Waals surface area contributed by atoms with Gasteiger partial charge < -0.3 is 20.1 Å². The molecule has 0 aliphatic carbocycles. The Morgan fingerprint density at radius 1 is 1.04 bits per heavy atom.